The van der Waals surface area contributed by atoms with Crippen LogP contribution in [0.2, 0.25) is 15.1 Å². The Morgan fingerprint density at radius 3 is 2.33 bits per heavy atom. The molecule has 0 spiro atoms. The number of nitrogens with one attached hydrogen (secondary N) is 1. The minimum Gasteiger partial charge on any atom is -0.493 e. The summed E-state index contributed by atoms with van der Waals surface area (Å²) in [6, 6.07) is 19.4. The normalized spacial score (nSPS) is 18.8. The molecule has 0 saturated carbocycles. The summed E-state index contributed by atoms with van der Waals surface area (Å²) >= 11 is 19.3. The van der Waals surface area contributed by atoms with E-state index in [1.54, 1.807) is 79.0 Å². The second-order valence-corrected chi connectivity index (χ2v) is 13.4. The van der Waals surface area contributed by atoms with Crippen molar-refractivity contribution in [3.05, 3.63) is 116 Å². The third kappa shape index (κ3) is 8.24. The van der Waals surface area contributed by atoms with Crippen LogP contribution in [0, 0.1) is 5.92 Å². The molecular formula is C37H37Cl3N3O6+. The quantitative estimate of drug-likeness (QED) is 0.146. The van der Waals surface area contributed by atoms with Crippen molar-refractivity contribution >= 4 is 52.6 Å². The smallest absolute Gasteiger partial charge is 0.414 e. The van der Waals surface area contributed by atoms with Crippen LogP contribution in [0.1, 0.15) is 46.0 Å². The Hall–Kier alpha value is -4.02. The lowest BCUT2D eigenvalue weighted by molar-refractivity contribution is -0.377. The number of piperidine rings is 3. The van der Waals surface area contributed by atoms with E-state index in [0.29, 0.717) is 60.4 Å². The highest BCUT2D eigenvalue weighted by atomic mass is 35.5. The number of halogens is 3. The lowest BCUT2D eigenvalue weighted by Crippen LogP contribution is -2.53. The van der Waals surface area contributed by atoms with Gasteiger partial charge in [-0.05, 0) is 85.4 Å². The highest BCUT2D eigenvalue weighted by Crippen LogP contribution is 2.36. The van der Waals surface area contributed by atoms with Gasteiger partial charge in [-0.2, -0.15) is 0 Å². The summed E-state index contributed by atoms with van der Waals surface area (Å²) in [5.41, 5.74) is 2.87. The van der Waals surface area contributed by atoms with Crippen LogP contribution in [0.25, 0.3) is 0 Å². The first-order valence-electron chi connectivity index (χ1n) is 16.0. The monoisotopic (exact) mass is 724 g/mol. The van der Waals surface area contributed by atoms with Crippen molar-refractivity contribution in [2.24, 2.45) is 5.92 Å². The Morgan fingerprint density at radius 2 is 1.65 bits per heavy atom. The van der Waals surface area contributed by atoms with Gasteiger partial charge in [-0.25, -0.2) is 14.6 Å². The number of esters is 1. The molecule has 3 fully saturated rings. The van der Waals surface area contributed by atoms with Crippen molar-refractivity contribution in [1.29, 1.82) is 0 Å². The number of nitrogens with zero attached hydrogens (tertiary/aromatic N) is 2. The van der Waals surface area contributed by atoms with Gasteiger partial charge in [-0.3, -0.25) is 9.80 Å². The van der Waals surface area contributed by atoms with Gasteiger partial charge in [0, 0.05) is 29.2 Å². The molecule has 1 amide bonds. The van der Waals surface area contributed by atoms with Gasteiger partial charge in [0.05, 0.1) is 26.3 Å². The van der Waals surface area contributed by atoms with Gasteiger partial charge in [-0.1, -0.05) is 59.1 Å². The lowest BCUT2D eigenvalue weighted by Gasteiger charge is -2.44. The second-order valence-electron chi connectivity index (χ2n) is 12.2. The van der Waals surface area contributed by atoms with E-state index >= 15 is 0 Å². The second kappa shape index (κ2) is 15.7. The predicted molar refractivity (Wildman–Crippen MR) is 188 cm³/mol. The van der Waals surface area contributed by atoms with Crippen LogP contribution < -0.4 is 19.4 Å². The molecule has 9 nitrogen and oxygen atoms in total. The van der Waals surface area contributed by atoms with Gasteiger partial charge in [0.1, 0.15) is 22.3 Å². The van der Waals surface area contributed by atoms with Crippen LogP contribution in [-0.4, -0.2) is 56.9 Å². The molecule has 3 aliphatic rings. The molecule has 2 atom stereocenters. The summed E-state index contributed by atoms with van der Waals surface area (Å²) in [5, 5.41) is 1.30. The number of H-pyrrole nitrogens is 1. The zero-order chi connectivity index (χ0) is 34.5. The molecule has 3 aromatic carbocycles. The minimum atomic E-state index is -0.784. The van der Waals surface area contributed by atoms with Crippen molar-refractivity contribution < 1.29 is 33.5 Å². The molecule has 49 heavy (non-hydrogen) atoms. The highest BCUT2D eigenvalue weighted by molar-refractivity contribution is 6.35. The molecule has 7 rings (SSSR count). The molecule has 3 saturated heterocycles. The van der Waals surface area contributed by atoms with Gasteiger partial charge >= 0.3 is 12.1 Å². The van der Waals surface area contributed by atoms with Crippen LogP contribution in [-0.2, 0) is 22.4 Å². The van der Waals surface area contributed by atoms with Crippen LogP contribution >= 0.6 is 34.8 Å². The van der Waals surface area contributed by atoms with Crippen molar-refractivity contribution in [3.63, 3.8) is 0 Å². The van der Waals surface area contributed by atoms with Gasteiger partial charge in [0.25, 0.3) is 0 Å². The fraction of sp³-hybridized carbons (Fsp3) is 0.324. The largest absolute Gasteiger partial charge is 0.493 e. The number of hydrogen-bond donors (Lipinski definition) is 0. The zero-order valence-corrected chi connectivity index (χ0v) is 29.4. The van der Waals surface area contributed by atoms with E-state index in [1.807, 2.05) is 12.1 Å². The number of aromatic amines is 1. The summed E-state index contributed by atoms with van der Waals surface area (Å²) < 4.78 is 23.2. The third-order valence-corrected chi connectivity index (χ3v) is 10.0. The van der Waals surface area contributed by atoms with Gasteiger partial charge < -0.3 is 18.9 Å². The van der Waals surface area contributed by atoms with Crippen LogP contribution in [0.5, 0.6) is 11.5 Å². The molecule has 3 aliphatic heterocycles. The number of methoxy groups -OCH3 is 2. The Balaban J connectivity index is 1.25. The number of carbonyl (C=O) groups excluding carboxylic acids is 2. The van der Waals surface area contributed by atoms with E-state index in [0.717, 1.165) is 32.5 Å². The molecule has 0 aliphatic carbocycles. The minimum absolute atomic E-state index is 0.145. The average Bonchev–Trinajstić information content (AvgIpc) is 3.12. The summed E-state index contributed by atoms with van der Waals surface area (Å²) in [6.45, 7) is 2.96. The topological polar surface area (TPSA) is 91.7 Å². The number of carbonyl (C=O) groups is 2. The van der Waals surface area contributed by atoms with E-state index in [-0.39, 0.29) is 19.1 Å². The summed E-state index contributed by atoms with van der Waals surface area (Å²) in [6.07, 6.45) is 4.05. The Kier molecular flexibility index (Phi) is 11.1. The fourth-order valence-electron chi connectivity index (χ4n) is 6.46. The van der Waals surface area contributed by atoms with Crippen LogP contribution in [0.15, 0.2) is 79.1 Å². The van der Waals surface area contributed by atoms with E-state index in [2.05, 4.69) is 9.88 Å². The molecule has 2 bridgehead atoms. The summed E-state index contributed by atoms with van der Waals surface area (Å²) in [5.74, 6) is 0.796. The van der Waals surface area contributed by atoms with Crippen molar-refractivity contribution in [2.75, 3.05) is 38.8 Å². The Labute approximate surface area is 300 Å². The molecular weight excluding hydrogens is 689 g/mol. The number of rotatable bonds is 11. The van der Waals surface area contributed by atoms with Crippen LogP contribution in [0.3, 0.4) is 0 Å². The first-order valence-corrected chi connectivity index (χ1v) is 17.2. The van der Waals surface area contributed by atoms with E-state index in [9.17, 15) is 9.59 Å². The number of amides is 1. The third-order valence-electron chi connectivity index (χ3n) is 9.11. The molecule has 1 aromatic heterocycles. The number of pyridine rings is 1. The average molecular weight is 726 g/mol. The molecule has 256 valence electrons. The van der Waals surface area contributed by atoms with Crippen molar-refractivity contribution in [1.82, 2.24) is 4.90 Å². The lowest BCUT2D eigenvalue weighted by atomic mass is 9.86. The van der Waals surface area contributed by atoms with E-state index in [4.69, 9.17) is 53.8 Å². The summed E-state index contributed by atoms with van der Waals surface area (Å²) in [4.78, 5) is 34.4. The molecule has 4 heterocycles. The maximum atomic E-state index is 13.8. The number of hydrogen-bond acceptors (Lipinski definition) is 7. The maximum absolute atomic E-state index is 13.8. The number of fused-ring (bicyclic) bond motifs is 3. The van der Waals surface area contributed by atoms with Crippen molar-refractivity contribution in [2.45, 2.75) is 38.0 Å². The van der Waals surface area contributed by atoms with Crippen molar-refractivity contribution in [3.8, 4) is 11.5 Å². The SMILES string of the molecule is COc1ccc([C@H](Cc2c(Cl)c[nH+]cc2Cl)OC(=O)c2cccc(CN(C(=O)O[C@H]3CN4CCC3CC4)c3cccc(Cl)c3)c2)cc1OC. The standard InChI is InChI=1S/C37H36Cl3N3O6/c1-46-32-10-9-25(16-34(32)47-2)33(18-29-30(39)19-41-20-31(29)40)48-36(44)26-6-3-5-23(15-26)21-43(28-8-4-7-27(38)17-28)37(45)49-35-22-42-13-11-24(35)12-14-42/h3-10,15-17,19-20,24,33,35H,11-14,18,21-22H2,1-2H3/p+1/t33-,35-/m0/s1. The first-order chi connectivity index (χ1) is 23.7. The number of ether oxygens (including phenoxy) is 4. The van der Waals surface area contributed by atoms with Crippen LogP contribution in [0.4, 0.5) is 10.5 Å². The molecule has 12 heteroatoms. The predicted octanol–water partition coefficient (Wildman–Crippen LogP) is 7.86. The zero-order valence-electron chi connectivity index (χ0n) is 27.2. The molecule has 0 radical (unpaired) electrons. The van der Waals surface area contributed by atoms with Gasteiger partial charge in [-0.15, -0.1) is 0 Å². The Bertz CT molecular complexity index is 1800. The molecule has 4 aromatic rings. The van der Waals surface area contributed by atoms with E-state index < -0.39 is 18.2 Å². The molecule has 0 unspecified atom stereocenters. The number of aromatic nitrogens is 1. The fourth-order valence-corrected chi connectivity index (χ4v) is 7.17. The highest BCUT2D eigenvalue weighted by Gasteiger charge is 2.37. The molecule has 1 N–H and O–H groups in total. The number of benzene rings is 3. The first kappa shape index (κ1) is 34.8. The Morgan fingerprint density at radius 1 is 0.918 bits per heavy atom. The summed E-state index contributed by atoms with van der Waals surface area (Å²) in [7, 11) is 3.08. The maximum Gasteiger partial charge on any atom is 0.414 e. The van der Waals surface area contributed by atoms with Gasteiger partial charge in [0.15, 0.2) is 23.9 Å². The number of anilines is 1. The van der Waals surface area contributed by atoms with Gasteiger partial charge in [0.2, 0.25) is 0 Å². The van der Waals surface area contributed by atoms with E-state index in [1.165, 1.54) is 7.11 Å².